The van der Waals surface area contributed by atoms with Gasteiger partial charge in [0.15, 0.2) is 0 Å². The minimum Gasteiger partial charge on any atom is -0.342 e. The van der Waals surface area contributed by atoms with Crippen LogP contribution in [0.2, 0.25) is 0 Å². The van der Waals surface area contributed by atoms with Crippen molar-refractivity contribution >= 4 is 17.7 Å². The van der Waals surface area contributed by atoms with Gasteiger partial charge in [0.25, 0.3) is 5.91 Å². The van der Waals surface area contributed by atoms with Crippen LogP contribution in [-0.2, 0) is 9.59 Å². The molecule has 3 saturated heterocycles. The van der Waals surface area contributed by atoms with Gasteiger partial charge in [0, 0.05) is 86.4 Å². The molecule has 46 heavy (non-hydrogen) atoms. The molecular weight excluding hydrogens is 574 g/mol. The quantitative estimate of drug-likeness (QED) is 0.379. The third-order valence-corrected chi connectivity index (χ3v) is 9.88. The van der Waals surface area contributed by atoms with E-state index in [0.717, 1.165) is 74.4 Å². The lowest BCUT2D eigenvalue weighted by molar-refractivity contribution is -0.145. The number of rotatable bonds is 5. The molecule has 0 aliphatic carbocycles. The van der Waals surface area contributed by atoms with Gasteiger partial charge in [-0.05, 0) is 37.8 Å². The Balaban J connectivity index is 1.02. The molecule has 0 radical (unpaired) electrons. The van der Waals surface area contributed by atoms with Crippen molar-refractivity contribution in [2.75, 3.05) is 52.4 Å². The van der Waals surface area contributed by atoms with Gasteiger partial charge >= 0.3 is 0 Å². The molecule has 3 aromatic rings. The second kappa shape index (κ2) is 13.8. The van der Waals surface area contributed by atoms with E-state index in [1.165, 1.54) is 0 Å². The Morgan fingerprint density at radius 3 is 1.63 bits per heavy atom. The molecule has 0 unspecified atom stereocenters. The summed E-state index contributed by atoms with van der Waals surface area (Å²) >= 11 is 0. The third kappa shape index (κ3) is 7.17. The predicted octanol–water partition coefficient (Wildman–Crippen LogP) is 5.45. The van der Waals surface area contributed by atoms with Gasteiger partial charge in [-0.25, -0.2) is 4.98 Å². The van der Waals surface area contributed by atoms with Crippen LogP contribution in [0, 0.1) is 11.3 Å². The number of amides is 3. The lowest BCUT2D eigenvalue weighted by Crippen LogP contribution is -2.55. The number of benzene rings is 2. The molecule has 0 saturated carbocycles. The fraction of sp³-hybridized carbons (Fsp3) is 0.474. The van der Waals surface area contributed by atoms with E-state index in [2.05, 4.69) is 9.80 Å². The monoisotopic (exact) mass is 621 g/mol. The highest BCUT2D eigenvalue weighted by Crippen LogP contribution is 2.28. The van der Waals surface area contributed by atoms with E-state index in [-0.39, 0.29) is 29.1 Å². The molecule has 6 rings (SSSR count). The van der Waals surface area contributed by atoms with Crippen molar-refractivity contribution in [3.63, 3.8) is 0 Å². The Morgan fingerprint density at radius 2 is 1.13 bits per heavy atom. The molecule has 242 valence electrons. The number of piperidine rings is 2. The maximum absolute atomic E-state index is 13.8. The minimum absolute atomic E-state index is 0.0214. The van der Waals surface area contributed by atoms with Gasteiger partial charge in [0.05, 0.1) is 11.4 Å². The SMILES string of the molecule is CC(C)(C)C(=O)N1CCC(C(=O)N2CCC(N3CCN(C(=O)c4cc(-c5ccccc5)nc(-c5ccccc5)c4)CC3)CC2)CC1. The number of aromatic nitrogens is 1. The van der Waals surface area contributed by atoms with E-state index >= 15 is 0 Å². The normalized spacial score (nSPS) is 18.9. The second-order valence-electron chi connectivity index (χ2n) is 14.1. The predicted molar refractivity (Wildman–Crippen MR) is 181 cm³/mol. The molecule has 0 atom stereocenters. The average molecular weight is 622 g/mol. The molecule has 0 bridgehead atoms. The first-order chi connectivity index (χ1) is 22.2. The van der Waals surface area contributed by atoms with E-state index in [1.54, 1.807) is 0 Å². The van der Waals surface area contributed by atoms with E-state index in [9.17, 15) is 14.4 Å². The first-order valence-electron chi connectivity index (χ1n) is 16.9. The van der Waals surface area contributed by atoms with Crippen molar-refractivity contribution in [2.45, 2.75) is 52.5 Å². The topological polar surface area (TPSA) is 77.1 Å². The Bertz CT molecular complexity index is 1460. The number of likely N-dealkylation sites (tertiary alicyclic amines) is 2. The van der Waals surface area contributed by atoms with Crippen LogP contribution in [0.5, 0.6) is 0 Å². The van der Waals surface area contributed by atoms with Gasteiger partial charge in [-0.1, -0.05) is 81.4 Å². The molecule has 0 spiro atoms. The number of nitrogens with zero attached hydrogens (tertiary/aromatic N) is 5. The van der Waals surface area contributed by atoms with Crippen LogP contribution in [-0.4, -0.2) is 101 Å². The fourth-order valence-electron chi connectivity index (χ4n) is 7.15. The second-order valence-corrected chi connectivity index (χ2v) is 14.1. The van der Waals surface area contributed by atoms with Crippen molar-refractivity contribution in [3.05, 3.63) is 78.4 Å². The van der Waals surface area contributed by atoms with Crippen molar-refractivity contribution in [3.8, 4) is 22.5 Å². The Morgan fingerprint density at radius 1 is 0.630 bits per heavy atom. The van der Waals surface area contributed by atoms with Crippen molar-refractivity contribution in [1.82, 2.24) is 24.6 Å². The van der Waals surface area contributed by atoms with Crippen LogP contribution < -0.4 is 0 Å². The zero-order valence-electron chi connectivity index (χ0n) is 27.5. The summed E-state index contributed by atoms with van der Waals surface area (Å²) in [6, 6.07) is 24.4. The summed E-state index contributed by atoms with van der Waals surface area (Å²) in [4.78, 5) is 53.2. The Labute approximate surface area is 273 Å². The highest BCUT2D eigenvalue weighted by atomic mass is 16.2. The summed E-state index contributed by atoms with van der Waals surface area (Å²) in [5.74, 6) is 0.509. The molecule has 3 aliphatic rings. The molecule has 4 heterocycles. The molecule has 3 amide bonds. The number of pyridine rings is 1. The van der Waals surface area contributed by atoms with Crippen molar-refractivity contribution in [1.29, 1.82) is 0 Å². The fourth-order valence-corrected chi connectivity index (χ4v) is 7.15. The maximum Gasteiger partial charge on any atom is 0.254 e. The van der Waals surface area contributed by atoms with E-state index in [0.29, 0.717) is 37.8 Å². The summed E-state index contributed by atoms with van der Waals surface area (Å²) in [7, 11) is 0. The largest absolute Gasteiger partial charge is 0.342 e. The number of piperazine rings is 1. The molecular formula is C38H47N5O3. The highest BCUT2D eigenvalue weighted by Gasteiger charge is 2.36. The standard InChI is InChI=1S/C38H47N5O3/c1-38(2,3)37(46)43-18-14-30(15-19-43)35(44)41-20-16-32(17-21-41)40-22-24-42(25-23-40)36(45)31-26-33(28-10-6-4-7-11-28)39-34(27-31)29-12-8-5-9-13-29/h4-13,26-27,30,32H,14-25H2,1-3H3. The molecule has 1 aromatic heterocycles. The number of hydrogen-bond donors (Lipinski definition) is 0. The van der Waals surface area contributed by atoms with E-state index < -0.39 is 0 Å². The van der Waals surface area contributed by atoms with Gasteiger partial charge in [0.2, 0.25) is 11.8 Å². The average Bonchev–Trinajstić information content (AvgIpc) is 3.11. The van der Waals surface area contributed by atoms with Gasteiger partial charge in [-0.15, -0.1) is 0 Å². The summed E-state index contributed by atoms with van der Waals surface area (Å²) in [5, 5.41) is 0. The maximum atomic E-state index is 13.8. The molecule has 8 heteroatoms. The summed E-state index contributed by atoms with van der Waals surface area (Å²) < 4.78 is 0. The number of hydrogen-bond acceptors (Lipinski definition) is 5. The summed E-state index contributed by atoms with van der Waals surface area (Å²) in [5.41, 5.74) is 3.87. The third-order valence-electron chi connectivity index (χ3n) is 9.88. The Kier molecular flexibility index (Phi) is 9.54. The summed E-state index contributed by atoms with van der Waals surface area (Å²) in [6.45, 7) is 11.8. The summed E-state index contributed by atoms with van der Waals surface area (Å²) in [6.07, 6.45) is 3.44. The van der Waals surface area contributed by atoms with Crippen molar-refractivity contribution < 1.29 is 14.4 Å². The molecule has 3 fully saturated rings. The van der Waals surface area contributed by atoms with E-state index in [1.807, 2.05) is 103 Å². The van der Waals surface area contributed by atoms with Gasteiger partial charge in [-0.3, -0.25) is 19.3 Å². The van der Waals surface area contributed by atoms with Crippen molar-refractivity contribution in [2.24, 2.45) is 11.3 Å². The zero-order chi connectivity index (χ0) is 32.3. The van der Waals surface area contributed by atoms with Crippen LogP contribution in [0.1, 0.15) is 56.8 Å². The first kappa shape index (κ1) is 31.9. The van der Waals surface area contributed by atoms with E-state index in [4.69, 9.17) is 4.98 Å². The van der Waals surface area contributed by atoms with Crippen LogP contribution in [0.15, 0.2) is 72.8 Å². The molecule has 0 N–H and O–H groups in total. The number of carbonyl (C=O) groups is 3. The first-order valence-corrected chi connectivity index (χ1v) is 16.9. The molecule has 2 aromatic carbocycles. The minimum atomic E-state index is -0.381. The Hall–Kier alpha value is -4.04. The van der Waals surface area contributed by atoms with Gasteiger partial charge < -0.3 is 14.7 Å². The van der Waals surface area contributed by atoms with Gasteiger partial charge in [0.1, 0.15) is 0 Å². The number of carbonyl (C=O) groups excluding carboxylic acids is 3. The molecule has 8 nitrogen and oxygen atoms in total. The highest BCUT2D eigenvalue weighted by molar-refractivity contribution is 5.96. The van der Waals surface area contributed by atoms with Crippen LogP contribution >= 0.6 is 0 Å². The zero-order valence-corrected chi connectivity index (χ0v) is 27.5. The van der Waals surface area contributed by atoms with Gasteiger partial charge in [-0.2, -0.15) is 0 Å². The van der Waals surface area contributed by atoms with Crippen LogP contribution in [0.4, 0.5) is 0 Å². The van der Waals surface area contributed by atoms with Crippen LogP contribution in [0.3, 0.4) is 0 Å². The lowest BCUT2D eigenvalue weighted by atomic mass is 9.90. The lowest BCUT2D eigenvalue weighted by Gasteiger charge is -2.43. The molecule has 3 aliphatic heterocycles. The smallest absolute Gasteiger partial charge is 0.254 e. The van der Waals surface area contributed by atoms with Crippen LogP contribution in [0.25, 0.3) is 22.5 Å².